The third kappa shape index (κ3) is 3.56. The van der Waals surface area contributed by atoms with Crippen molar-refractivity contribution in [3.8, 4) is 0 Å². The summed E-state index contributed by atoms with van der Waals surface area (Å²) in [5, 5.41) is 0. The van der Waals surface area contributed by atoms with Gasteiger partial charge in [-0.3, -0.25) is 0 Å². The molecule has 0 radical (unpaired) electrons. The minimum absolute atomic E-state index is 0.366. The first-order valence-corrected chi connectivity index (χ1v) is 8.78. The van der Waals surface area contributed by atoms with Gasteiger partial charge in [-0.1, -0.05) is 29.8 Å². The van der Waals surface area contributed by atoms with Gasteiger partial charge in [0.1, 0.15) is 6.29 Å². The number of hydrogen-bond donors (Lipinski definition) is 0. The normalized spacial score (nSPS) is 33.6. The molecule has 0 bridgehead atoms. The van der Waals surface area contributed by atoms with E-state index in [0.717, 1.165) is 30.6 Å². The maximum Gasteiger partial charge on any atom is 0.123 e. The summed E-state index contributed by atoms with van der Waals surface area (Å²) in [6.45, 7) is 2.16. The van der Waals surface area contributed by atoms with Gasteiger partial charge >= 0.3 is 0 Å². The fourth-order valence-electron chi connectivity index (χ4n) is 4.52. The van der Waals surface area contributed by atoms with E-state index in [1.54, 1.807) is 5.56 Å². The number of benzene rings is 1. The fraction of sp³-hybridized carbons (Fsp3) is 0.650. The van der Waals surface area contributed by atoms with Crippen LogP contribution in [0.3, 0.4) is 0 Å². The van der Waals surface area contributed by atoms with Gasteiger partial charge < -0.3 is 4.79 Å². The zero-order valence-electron chi connectivity index (χ0n) is 13.3. The van der Waals surface area contributed by atoms with E-state index in [-0.39, 0.29) is 0 Å². The number of carbonyl (C=O) groups excluding carboxylic acids is 1. The summed E-state index contributed by atoms with van der Waals surface area (Å²) in [4.78, 5) is 10.9. The van der Waals surface area contributed by atoms with E-state index in [0.29, 0.717) is 5.92 Å². The van der Waals surface area contributed by atoms with Crippen LogP contribution in [0, 0.1) is 24.7 Å². The van der Waals surface area contributed by atoms with Crippen LogP contribution in [0.2, 0.25) is 0 Å². The van der Waals surface area contributed by atoms with Crippen molar-refractivity contribution in [2.75, 3.05) is 0 Å². The molecule has 2 aliphatic carbocycles. The predicted octanol–water partition coefficient (Wildman–Crippen LogP) is 5.27. The molecule has 0 heterocycles. The molecule has 0 aliphatic heterocycles. The largest absolute Gasteiger partial charge is 0.303 e. The molecular formula is C20H28O. The highest BCUT2D eigenvalue weighted by Gasteiger charge is 2.31. The van der Waals surface area contributed by atoms with Crippen LogP contribution < -0.4 is 0 Å². The lowest BCUT2D eigenvalue weighted by atomic mass is 9.68. The quantitative estimate of drug-likeness (QED) is 0.691. The fourth-order valence-corrected chi connectivity index (χ4v) is 4.52. The third-order valence-electron chi connectivity index (χ3n) is 6.00. The summed E-state index contributed by atoms with van der Waals surface area (Å²) in [6.07, 6.45) is 11.6. The molecule has 0 unspecified atom stereocenters. The number of carbonyl (C=O) groups is 1. The lowest BCUT2D eigenvalue weighted by Gasteiger charge is -2.37. The number of hydrogen-bond acceptors (Lipinski definition) is 1. The first kappa shape index (κ1) is 14.8. The first-order chi connectivity index (χ1) is 10.3. The molecule has 0 N–H and O–H groups in total. The van der Waals surface area contributed by atoms with Crippen LogP contribution in [0.1, 0.15) is 68.4 Å². The summed E-state index contributed by atoms with van der Waals surface area (Å²) in [5.74, 6) is 2.98. The number of aldehydes is 1. The van der Waals surface area contributed by atoms with E-state index in [2.05, 4.69) is 31.2 Å². The minimum atomic E-state index is 0.366. The van der Waals surface area contributed by atoms with Crippen molar-refractivity contribution >= 4 is 6.29 Å². The van der Waals surface area contributed by atoms with Crippen molar-refractivity contribution in [2.24, 2.45) is 17.8 Å². The number of aryl methyl sites for hydroxylation is 1. The van der Waals surface area contributed by atoms with Crippen LogP contribution in [-0.2, 0) is 4.79 Å². The molecule has 1 nitrogen and oxygen atoms in total. The van der Waals surface area contributed by atoms with Crippen molar-refractivity contribution < 1.29 is 4.79 Å². The van der Waals surface area contributed by atoms with Crippen molar-refractivity contribution in [3.05, 3.63) is 35.4 Å². The lowest BCUT2D eigenvalue weighted by Crippen LogP contribution is -2.25. The zero-order chi connectivity index (χ0) is 14.7. The van der Waals surface area contributed by atoms with Gasteiger partial charge in [0.05, 0.1) is 0 Å². The van der Waals surface area contributed by atoms with Gasteiger partial charge in [-0.05, 0) is 81.6 Å². The average molecular weight is 284 g/mol. The maximum absolute atomic E-state index is 10.9. The van der Waals surface area contributed by atoms with Gasteiger partial charge in [-0.15, -0.1) is 0 Å². The highest BCUT2D eigenvalue weighted by atomic mass is 16.1. The molecule has 3 rings (SSSR count). The van der Waals surface area contributed by atoms with Crippen molar-refractivity contribution in [2.45, 2.75) is 64.2 Å². The molecule has 0 saturated heterocycles. The maximum atomic E-state index is 10.9. The van der Waals surface area contributed by atoms with Crippen molar-refractivity contribution in [3.63, 3.8) is 0 Å². The summed E-state index contributed by atoms with van der Waals surface area (Å²) in [5.41, 5.74) is 2.91. The van der Waals surface area contributed by atoms with Crippen molar-refractivity contribution in [1.29, 1.82) is 0 Å². The SMILES string of the molecule is Cc1ccc(C2CCC([C@H]3CC[C@H](C=O)CC3)CC2)cc1. The highest BCUT2D eigenvalue weighted by molar-refractivity contribution is 5.53. The molecule has 0 amide bonds. The van der Waals surface area contributed by atoms with E-state index in [4.69, 9.17) is 0 Å². The second kappa shape index (κ2) is 6.77. The van der Waals surface area contributed by atoms with Crippen LogP contribution in [0.5, 0.6) is 0 Å². The standard InChI is InChI=1S/C20H28O/c1-15-2-6-17(7-3-15)19-10-12-20(13-11-19)18-8-4-16(14-21)5-9-18/h2-3,6-7,14,16,18-20H,4-5,8-13H2,1H3/t16-,18-,19?,20?. The second-order valence-corrected chi connectivity index (χ2v) is 7.33. The monoisotopic (exact) mass is 284 g/mol. The molecule has 1 heteroatoms. The Balaban J connectivity index is 1.51. The Bertz CT molecular complexity index is 445. The van der Waals surface area contributed by atoms with Crippen LogP contribution in [-0.4, -0.2) is 6.29 Å². The summed E-state index contributed by atoms with van der Waals surface area (Å²) in [7, 11) is 0. The average Bonchev–Trinajstić information content (AvgIpc) is 2.56. The van der Waals surface area contributed by atoms with Gasteiger partial charge in [0.15, 0.2) is 0 Å². The van der Waals surface area contributed by atoms with Crippen LogP contribution in [0.25, 0.3) is 0 Å². The van der Waals surface area contributed by atoms with E-state index >= 15 is 0 Å². The molecule has 2 aliphatic rings. The first-order valence-electron chi connectivity index (χ1n) is 8.78. The molecule has 2 fully saturated rings. The van der Waals surface area contributed by atoms with E-state index in [1.165, 1.54) is 50.4 Å². The topological polar surface area (TPSA) is 17.1 Å². The zero-order valence-corrected chi connectivity index (χ0v) is 13.3. The summed E-state index contributed by atoms with van der Waals surface area (Å²) in [6, 6.07) is 9.16. The van der Waals surface area contributed by atoms with Gasteiger partial charge in [0.2, 0.25) is 0 Å². The molecule has 0 atom stereocenters. The Labute approximate surface area is 129 Å². The molecule has 114 valence electrons. The van der Waals surface area contributed by atoms with Crippen LogP contribution in [0.4, 0.5) is 0 Å². The van der Waals surface area contributed by atoms with E-state index in [9.17, 15) is 4.79 Å². The smallest absolute Gasteiger partial charge is 0.123 e. The Morgan fingerprint density at radius 1 is 0.810 bits per heavy atom. The van der Waals surface area contributed by atoms with Gasteiger partial charge in [0, 0.05) is 5.92 Å². The molecule has 1 aromatic rings. The van der Waals surface area contributed by atoms with Gasteiger partial charge in [-0.25, -0.2) is 0 Å². The number of rotatable bonds is 3. The van der Waals surface area contributed by atoms with E-state index < -0.39 is 0 Å². The minimum Gasteiger partial charge on any atom is -0.303 e. The summed E-state index contributed by atoms with van der Waals surface area (Å²) < 4.78 is 0. The molecule has 1 aromatic carbocycles. The molecule has 0 spiro atoms. The lowest BCUT2D eigenvalue weighted by molar-refractivity contribution is -0.112. The van der Waals surface area contributed by atoms with Gasteiger partial charge in [-0.2, -0.15) is 0 Å². The molecule has 21 heavy (non-hydrogen) atoms. The second-order valence-electron chi connectivity index (χ2n) is 7.33. The highest BCUT2D eigenvalue weighted by Crippen LogP contribution is 2.43. The molecule has 0 aromatic heterocycles. The predicted molar refractivity (Wildman–Crippen MR) is 87.4 cm³/mol. The van der Waals surface area contributed by atoms with Crippen LogP contribution in [0.15, 0.2) is 24.3 Å². The Morgan fingerprint density at radius 3 is 1.86 bits per heavy atom. The molecule has 2 saturated carbocycles. The van der Waals surface area contributed by atoms with Crippen molar-refractivity contribution in [1.82, 2.24) is 0 Å². The van der Waals surface area contributed by atoms with Crippen LogP contribution >= 0.6 is 0 Å². The van der Waals surface area contributed by atoms with Gasteiger partial charge in [0.25, 0.3) is 0 Å². The summed E-state index contributed by atoms with van der Waals surface area (Å²) >= 11 is 0. The molecular weight excluding hydrogens is 256 g/mol. The Kier molecular flexibility index (Phi) is 4.77. The Morgan fingerprint density at radius 2 is 1.33 bits per heavy atom. The Hall–Kier alpha value is -1.11. The van der Waals surface area contributed by atoms with E-state index in [1.807, 2.05) is 0 Å². The third-order valence-corrected chi connectivity index (χ3v) is 6.00.